The number of nitrogens with zero attached hydrogens (tertiary/aromatic N) is 3. The molecule has 2 aromatic rings. The van der Waals surface area contributed by atoms with Crippen LogP contribution >= 0.6 is 0 Å². The second kappa shape index (κ2) is 7.97. The zero-order valence-corrected chi connectivity index (χ0v) is 14.8. The summed E-state index contributed by atoms with van der Waals surface area (Å²) < 4.78 is 9.79. The molecule has 0 radical (unpaired) electrons. The molecule has 1 aliphatic rings. The maximum absolute atomic E-state index is 12.9. The number of hydrogen-bond donors (Lipinski definition) is 0. The minimum Gasteiger partial charge on any atom is -0.465 e. The number of amides is 2. The highest BCUT2D eigenvalue weighted by atomic mass is 16.5. The van der Waals surface area contributed by atoms with E-state index in [9.17, 15) is 9.59 Å². The first-order valence-electron chi connectivity index (χ1n) is 8.30. The van der Waals surface area contributed by atoms with Crippen LogP contribution < -0.4 is 4.90 Å². The Bertz CT molecular complexity index is 792. The van der Waals surface area contributed by atoms with Crippen LogP contribution in [-0.4, -0.2) is 49.3 Å². The molecule has 1 aromatic heterocycles. The number of methoxy groups -OCH3 is 2. The molecular weight excluding hydrogens is 334 g/mol. The Morgan fingerprint density at radius 3 is 2.69 bits per heavy atom. The molecule has 1 aromatic carbocycles. The van der Waals surface area contributed by atoms with E-state index in [0.29, 0.717) is 37.5 Å². The molecular formula is C19H21N3O4. The van der Waals surface area contributed by atoms with Gasteiger partial charge in [0.15, 0.2) is 0 Å². The SMILES string of the molecule is COCCN1Cc2ccccc2N(Cc2ccc(C(=O)OC)cn2)C1=O. The lowest BCUT2D eigenvalue weighted by atomic mass is 10.1. The van der Waals surface area contributed by atoms with Crippen molar-refractivity contribution in [1.82, 2.24) is 9.88 Å². The average molecular weight is 355 g/mol. The Morgan fingerprint density at radius 2 is 2.00 bits per heavy atom. The van der Waals surface area contributed by atoms with Gasteiger partial charge in [0, 0.05) is 26.4 Å². The van der Waals surface area contributed by atoms with Gasteiger partial charge in [-0.1, -0.05) is 18.2 Å². The number of carbonyl (C=O) groups excluding carboxylic acids is 2. The lowest BCUT2D eigenvalue weighted by molar-refractivity contribution is 0.0600. The van der Waals surface area contributed by atoms with Crippen LogP contribution in [0, 0.1) is 0 Å². The lowest BCUT2D eigenvalue weighted by Crippen LogP contribution is -2.47. The van der Waals surface area contributed by atoms with Crippen LogP contribution in [0.15, 0.2) is 42.6 Å². The largest absolute Gasteiger partial charge is 0.465 e. The zero-order chi connectivity index (χ0) is 18.5. The van der Waals surface area contributed by atoms with Crippen molar-refractivity contribution in [3.63, 3.8) is 0 Å². The van der Waals surface area contributed by atoms with Crippen LogP contribution in [0.5, 0.6) is 0 Å². The summed E-state index contributed by atoms with van der Waals surface area (Å²) in [7, 11) is 2.95. The average Bonchev–Trinajstić information content (AvgIpc) is 2.68. The number of esters is 1. The third-order valence-corrected chi connectivity index (χ3v) is 4.28. The van der Waals surface area contributed by atoms with E-state index in [0.717, 1.165) is 11.3 Å². The molecule has 0 bridgehead atoms. The summed E-state index contributed by atoms with van der Waals surface area (Å²) in [5.41, 5.74) is 3.03. The van der Waals surface area contributed by atoms with Crippen LogP contribution in [0.25, 0.3) is 0 Å². The molecule has 2 heterocycles. The highest BCUT2D eigenvalue weighted by molar-refractivity contribution is 5.94. The molecule has 0 N–H and O–H groups in total. The van der Waals surface area contributed by atoms with Crippen molar-refractivity contribution in [3.8, 4) is 0 Å². The number of rotatable bonds is 6. The number of benzene rings is 1. The van der Waals surface area contributed by atoms with E-state index in [1.165, 1.54) is 13.3 Å². The van der Waals surface area contributed by atoms with E-state index in [1.54, 1.807) is 29.0 Å². The van der Waals surface area contributed by atoms with Gasteiger partial charge >= 0.3 is 12.0 Å². The molecule has 7 heteroatoms. The van der Waals surface area contributed by atoms with Crippen molar-refractivity contribution in [2.24, 2.45) is 0 Å². The molecule has 0 atom stereocenters. The van der Waals surface area contributed by atoms with Crippen LogP contribution in [-0.2, 0) is 22.6 Å². The van der Waals surface area contributed by atoms with Gasteiger partial charge in [-0.15, -0.1) is 0 Å². The monoisotopic (exact) mass is 355 g/mol. The number of aromatic nitrogens is 1. The second-order valence-electron chi connectivity index (χ2n) is 5.94. The number of anilines is 1. The first-order valence-corrected chi connectivity index (χ1v) is 8.30. The minimum absolute atomic E-state index is 0.0837. The van der Waals surface area contributed by atoms with Crippen molar-refractivity contribution in [1.29, 1.82) is 0 Å². The molecule has 136 valence electrons. The Hall–Kier alpha value is -2.93. The van der Waals surface area contributed by atoms with E-state index >= 15 is 0 Å². The summed E-state index contributed by atoms with van der Waals surface area (Å²) in [5.74, 6) is -0.436. The van der Waals surface area contributed by atoms with Crippen LogP contribution in [0.4, 0.5) is 10.5 Å². The summed E-state index contributed by atoms with van der Waals surface area (Å²) in [5, 5.41) is 0. The third-order valence-electron chi connectivity index (χ3n) is 4.28. The fraction of sp³-hybridized carbons (Fsp3) is 0.316. The van der Waals surface area contributed by atoms with Gasteiger partial charge in [0.05, 0.1) is 37.2 Å². The van der Waals surface area contributed by atoms with Gasteiger partial charge in [-0.2, -0.15) is 0 Å². The van der Waals surface area contributed by atoms with Gasteiger partial charge in [-0.3, -0.25) is 9.88 Å². The smallest absolute Gasteiger partial charge is 0.339 e. The van der Waals surface area contributed by atoms with E-state index in [2.05, 4.69) is 9.72 Å². The molecule has 7 nitrogen and oxygen atoms in total. The number of urea groups is 1. The predicted molar refractivity (Wildman–Crippen MR) is 95.9 cm³/mol. The van der Waals surface area contributed by atoms with Crippen molar-refractivity contribution in [2.45, 2.75) is 13.1 Å². The number of pyridine rings is 1. The topological polar surface area (TPSA) is 72.0 Å². The molecule has 0 saturated heterocycles. The zero-order valence-electron chi connectivity index (χ0n) is 14.8. The molecule has 0 unspecified atom stereocenters. The van der Waals surface area contributed by atoms with Gasteiger partial charge < -0.3 is 14.4 Å². The normalized spacial score (nSPS) is 13.5. The lowest BCUT2D eigenvalue weighted by Gasteiger charge is -2.36. The van der Waals surface area contributed by atoms with Crippen molar-refractivity contribution in [2.75, 3.05) is 32.3 Å². The Labute approximate surface area is 152 Å². The molecule has 0 aliphatic carbocycles. The van der Waals surface area contributed by atoms with E-state index in [-0.39, 0.29) is 6.03 Å². The van der Waals surface area contributed by atoms with Gasteiger partial charge in [0.25, 0.3) is 0 Å². The maximum Gasteiger partial charge on any atom is 0.339 e. The highest BCUT2D eigenvalue weighted by Gasteiger charge is 2.30. The molecule has 0 fully saturated rings. The number of para-hydroxylation sites is 1. The summed E-state index contributed by atoms with van der Waals surface area (Å²) in [6.07, 6.45) is 1.46. The number of ether oxygens (including phenoxy) is 2. The number of fused-ring (bicyclic) bond motifs is 1. The van der Waals surface area contributed by atoms with Gasteiger partial charge in [-0.05, 0) is 23.8 Å². The van der Waals surface area contributed by atoms with Crippen LogP contribution in [0.1, 0.15) is 21.6 Å². The second-order valence-corrected chi connectivity index (χ2v) is 5.94. The molecule has 26 heavy (non-hydrogen) atoms. The van der Waals surface area contributed by atoms with Gasteiger partial charge in [-0.25, -0.2) is 9.59 Å². The van der Waals surface area contributed by atoms with Gasteiger partial charge in [0.1, 0.15) is 0 Å². The van der Waals surface area contributed by atoms with Crippen molar-refractivity contribution < 1.29 is 19.1 Å². The molecule has 0 saturated carbocycles. The number of carbonyl (C=O) groups is 2. The Balaban J connectivity index is 1.84. The molecule has 2 amide bonds. The van der Waals surface area contributed by atoms with E-state index in [4.69, 9.17) is 4.74 Å². The van der Waals surface area contributed by atoms with Crippen molar-refractivity contribution in [3.05, 3.63) is 59.4 Å². The summed E-state index contributed by atoms with van der Waals surface area (Å²) in [6.45, 7) is 1.88. The molecule has 3 rings (SSSR count). The minimum atomic E-state index is -0.436. The standard InChI is InChI=1S/C19H21N3O4/c1-25-10-9-21-12-15-5-3-4-6-17(15)22(19(21)24)13-16-8-7-14(11-20-16)18(23)26-2/h3-8,11H,9-10,12-13H2,1-2H3. The number of hydrogen-bond acceptors (Lipinski definition) is 5. The maximum atomic E-state index is 12.9. The van der Waals surface area contributed by atoms with E-state index < -0.39 is 5.97 Å². The molecule has 0 spiro atoms. The first-order chi connectivity index (χ1) is 12.6. The predicted octanol–water partition coefficient (Wildman–Crippen LogP) is 2.46. The van der Waals surface area contributed by atoms with Crippen molar-refractivity contribution >= 4 is 17.7 Å². The Kier molecular flexibility index (Phi) is 5.48. The summed E-state index contributed by atoms with van der Waals surface area (Å²) in [4.78, 5) is 32.2. The Morgan fingerprint density at radius 1 is 1.19 bits per heavy atom. The molecule has 1 aliphatic heterocycles. The van der Waals surface area contributed by atoms with Crippen LogP contribution in [0.3, 0.4) is 0 Å². The summed E-state index contributed by atoms with van der Waals surface area (Å²) >= 11 is 0. The quantitative estimate of drug-likeness (QED) is 0.745. The first kappa shape index (κ1) is 17.9. The summed E-state index contributed by atoms with van der Waals surface area (Å²) in [6, 6.07) is 11.1. The third kappa shape index (κ3) is 3.67. The fourth-order valence-electron chi connectivity index (χ4n) is 2.90. The van der Waals surface area contributed by atoms with E-state index in [1.807, 2.05) is 24.3 Å². The van der Waals surface area contributed by atoms with Crippen LogP contribution in [0.2, 0.25) is 0 Å². The fourth-order valence-corrected chi connectivity index (χ4v) is 2.90. The van der Waals surface area contributed by atoms with Gasteiger partial charge in [0.2, 0.25) is 0 Å². The highest BCUT2D eigenvalue weighted by Crippen LogP contribution is 2.29.